The average molecular weight is 214 g/mol. The van der Waals surface area contributed by atoms with E-state index in [-0.39, 0.29) is 5.54 Å². The van der Waals surface area contributed by atoms with E-state index in [4.69, 9.17) is 5.73 Å². The van der Waals surface area contributed by atoms with Crippen LogP contribution in [0.15, 0.2) is 24.3 Å². The molecule has 3 N–H and O–H groups in total. The Morgan fingerprint density at radius 2 is 2.19 bits per heavy atom. The molecule has 0 saturated heterocycles. The van der Waals surface area contributed by atoms with Gasteiger partial charge < -0.3 is 10.7 Å². The predicted molar refractivity (Wildman–Crippen MR) is 67.5 cm³/mol. The molecule has 84 valence electrons. The molecular weight excluding hydrogens is 196 g/mol. The minimum absolute atomic E-state index is 0.159. The normalized spacial score (nSPS) is 17.9. The molecule has 0 amide bonds. The molecule has 0 unspecified atom stereocenters. The molecule has 1 aliphatic carbocycles. The number of fused-ring (bicyclic) bond motifs is 1. The highest BCUT2D eigenvalue weighted by Gasteiger charge is 2.37. The van der Waals surface area contributed by atoms with Gasteiger partial charge in [0.05, 0.1) is 0 Å². The highest BCUT2D eigenvalue weighted by atomic mass is 14.8. The van der Waals surface area contributed by atoms with Crippen LogP contribution in [0.25, 0.3) is 10.9 Å². The van der Waals surface area contributed by atoms with Crippen molar-refractivity contribution < 1.29 is 0 Å². The number of nitrogens with one attached hydrogen (secondary N) is 1. The summed E-state index contributed by atoms with van der Waals surface area (Å²) >= 11 is 0. The van der Waals surface area contributed by atoms with Crippen LogP contribution in [0, 0.1) is 6.92 Å². The van der Waals surface area contributed by atoms with Crippen LogP contribution in [0.4, 0.5) is 0 Å². The van der Waals surface area contributed by atoms with Gasteiger partial charge in [0.2, 0.25) is 0 Å². The number of aryl methyl sites for hydroxylation is 2. The van der Waals surface area contributed by atoms with Crippen molar-refractivity contribution in [1.82, 2.24) is 4.98 Å². The minimum Gasteiger partial charge on any atom is -0.358 e. The maximum Gasteiger partial charge on any atom is 0.0458 e. The lowest BCUT2D eigenvalue weighted by molar-refractivity contribution is 0.605. The van der Waals surface area contributed by atoms with E-state index in [9.17, 15) is 0 Å². The second-order valence-corrected chi connectivity index (χ2v) is 5.19. The van der Waals surface area contributed by atoms with Gasteiger partial charge in [-0.1, -0.05) is 12.1 Å². The van der Waals surface area contributed by atoms with Crippen LogP contribution in [-0.2, 0) is 6.42 Å². The number of aromatic amines is 1. The molecular formula is C14H18N2. The van der Waals surface area contributed by atoms with Gasteiger partial charge in [-0.15, -0.1) is 0 Å². The Morgan fingerprint density at radius 1 is 1.38 bits per heavy atom. The number of benzene rings is 1. The van der Waals surface area contributed by atoms with Crippen LogP contribution in [-0.4, -0.2) is 10.5 Å². The van der Waals surface area contributed by atoms with Crippen molar-refractivity contribution in [3.05, 3.63) is 35.5 Å². The van der Waals surface area contributed by atoms with Crippen molar-refractivity contribution >= 4 is 10.9 Å². The van der Waals surface area contributed by atoms with Crippen LogP contribution in [0.2, 0.25) is 0 Å². The molecule has 0 atom stereocenters. The molecule has 2 heteroatoms. The summed E-state index contributed by atoms with van der Waals surface area (Å²) in [5, 5.41) is 1.35. The molecule has 1 aromatic carbocycles. The van der Waals surface area contributed by atoms with Gasteiger partial charge in [-0.05, 0) is 50.3 Å². The van der Waals surface area contributed by atoms with Crippen molar-refractivity contribution in [1.29, 1.82) is 0 Å². The van der Waals surface area contributed by atoms with E-state index in [1.54, 1.807) is 0 Å². The maximum absolute atomic E-state index is 6.10. The summed E-state index contributed by atoms with van der Waals surface area (Å²) in [5.74, 6) is 0. The molecule has 1 aliphatic rings. The Bertz CT molecular complexity index is 521. The van der Waals surface area contributed by atoms with E-state index in [2.05, 4.69) is 36.2 Å². The average Bonchev–Trinajstić information content (AvgIpc) is 2.84. The standard InChI is InChI=1S/C14H18N2/c1-10-3-2-4-13-12(10)9-11(16-13)5-6-14(15)7-8-14/h2-4,9,16H,5-8,15H2,1H3. The number of H-pyrrole nitrogens is 1. The number of hydrogen-bond donors (Lipinski definition) is 2. The topological polar surface area (TPSA) is 41.8 Å². The summed E-state index contributed by atoms with van der Waals surface area (Å²) in [4.78, 5) is 3.48. The van der Waals surface area contributed by atoms with Crippen molar-refractivity contribution in [3.63, 3.8) is 0 Å². The van der Waals surface area contributed by atoms with Gasteiger partial charge in [0, 0.05) is 22.1 Å². The van der Waals surface area contributed by atoms with E-state index in [1.807, 2.05) is 0 Å². The first-order valence-corrected chi connectivity index (χ1v) is 6.02. The largest absolute Gasteiger partial charge is 0.358 e. The summed E-state index contributed by atoms with van der Waals surface area (Å²) in [6.07, 6.45) is 4.59. The lowest BCUT2D eigenvalue weighted by Gasteiger charge is -2.05. The SMILES string of the molecule is Cc1cccc2[nH]c(CCC3(N)CC3)cc12. The van der Waals surface area contributed by atoms with Crippen molar-refractivity contribution in [3.8, 4) is 0 Å². The molecule has 1 fully saturated rings. The first-order chi connectivity index (χ1) is 7.66. The van der Waals surface area contributed by atoms with E-state index in [0.29, 0.717) is 0 Å². The lowest BCUT2D eigenvalue weighted by atomic mass is 10.1. The van der Waals surface area contributed by atoms with E-state index < -0.39 is 0 Å². The Balaban J connectivity index is 1.85. The predicted octanol–water partition coefficient (Wildman–Crippen LogP) is 2.90. The first kappa shape index (κ1) is 9.91. The number of nitrogens with two attached hydrogens (primary N) is 1. The Kier molecular flexibility index (Phi) is 2.08. The van der Waals surface area contributed by atoms with Gasteiger partial charge in [0.25, 0.3) is 0 Å². The molecule has 0 bridgehead atoms. The monoisotopic (exact) mass is 214 g/mol. The molecule has 3 rings (SSSR count). The molecule has 1 saturated carbocycles. The first-order valence-electron chi connectivity index (χ1n) is 6.02. The molecule has 0 aliphatic heterocycles. The van der Waals surface area contributed by atoms with Gasteiger partial charge >= 0.3 is 0 Å². The number of rotatable bonds is 3. The summed E-state index contributed by atoms with van der Waals surface area (Å²) < 4.78 is 0. The second-order valence-electron chi connectivity index (χ2n) is 5.19. The second kappa shape index (κ2) is 3.36. The zero-order valence-electron chi connectivity index (χ0n) is 9.72. The van der Waals surface area contributed by atoms with Crippen molar-refractivity contribution in [2.24, 2.45) is 5.73 Å². The van der Waals surface area contributed by atoms with Crippen LogP contribution in [0.5, 0.6) is 0 Å². The fourth-order valence-electron chi connectivity index (χ4n) is 2.29. The van der Waals surface area contributed by atoms with Gasteiger partial charge in [-0.2, -0.15) is 0 Å². The lowest BCUT2D eigenvalue weighted by Crippen LogP contribution is -2.22. The number of hydrogen-bond acceptors (Lipinski definition) is 1. The summed E-state index contributed by atoms with van der Waals surface area (Å²) in [5.41, 5.74) is 10.2. The zero-order valence-corrected chi connectivity index (χ0v) is 9.72. The third kappa shape index (κ3) is 1.74. The number of aromatic nitrogens is 1. The smallest absolute Gasteiger partial charge is 0.0458 e. The van der Waals surface area contributed by atoms with E-state index in [0.717, 1.165) is 12.8 Å². The van der Waals surface area contributed by atoms with Gasteiger partial charge in [0.1, 0.15) is 0 Å². The molecule has 1 aromatic heterocycles. The zero-order chi connectivity index (χ0) is 11.2. The molecule has 0 radical (unpaired) electrons. The fraction of sp³-hybridized carbons (Fsp3) is 0.429. The fourth-order valence-corrected chi connectivity index (χ4v) is 2.29. The Labute approximate surface area is 95.8 Å². The van der Waals surface area contributed by atoms with Gasteiger partial charge in [0.15, 0.2) is 0 Å². The van der Waals surface area contributed by atoms with E-state index in [1.165, 1.54) is 35.0 Å². The Hall–Kier alpha value is -1.28. The highest BCUT2D eigenvalue weighted by Crippen LogP contribution is 2.36. The molecule has 2 aromatic rings. The molecule has 1 heterocycles. The van der Waals surface area contributed by atoms with Gasteiger partial charge in [-0.25, -0.2) is 0 Å². The van der Waals surface area contributed by atoms with Crippen LogP contribution in [0.1, 0.15) is 30.5 Å². The van der Waals surface area contributed by atoms with Gasteiger partial charge in [-0.3, -0.25) is 0 Å². The van der Waals surface area contributed by atoms with Crippen molar-refractivity contribution in [2.75, 3.05) is 0 Å². The van der Waals surface area contributed by atoms with Crippen LogP contribution >= 0.6 is 0 Å². The minimum atomic E-state index is 0.159. The molecule has 16 heavy (non-hydrogen) atoms. The Morgan fingerprint density at radius 3 is 2.88 bits per heavy atom. The maximum atomic E-state index is 6.10. The van der Waals surface area contributed by atoms with E-state index >= 15 is 0 Å². The highest BCUT2D eigenvalue weighted by molar-refractivity contribution is 5.83. The van der Waals surface area contributed by atoms with Crippen LogP contribution in [0.3, 0.4) is 0 Å². The third-order valence-electron chi connectivity index (χ3n) is 3.72. The molecule has 0 spiro atoms. The third-order valence-corrected chi connectivity index (χ3v) is 3.72. The van der Waals surface area contributed by atoms with Crippen LogP contribution < -0.4 is 5.73 Å². The quantitative estimate of drug-likeness (QED) is 0.810. The summed E-state index contributed by atoms with van der Waals surface area (Å²) in [6.45, 7) is 2.16. The summed E-state index contributed by atoms with van der Waals surface area (Å²) in [7, 11) is 0. The van der Waals surface area contributed by atoms with Crippen molar-refractivity contribution in [2.45, 2.75) is 38.1 Å². The molecule has 2 nitrogen and oxygen atoms in total. The summed E-state index contributed by atoms with van der Waals surface area (Å²) in [6, 6.07) is 8.67.